The highest BCUT2D eigenvalue weighted by molar-refractivity contribution is 7.91. The van der Waals surface area contributed by atoms with Crippen molar-refractivity contribution in [3.05, 3.63) is 30.0 Å². The largest absolute Gasteiger partial charge is 0.365 e. The minimum Gasteiger partial charge on any atom is -0.365 e. The monoisotopic (exact) mass is 563 g/mol. The second-order valence-corrected chi connectivity index (χ2v) is 14.4. The number of amides is 1. The molecule has 1 amide bonds. The maximum atomic E-state index is 14.3. The van der Waals surface area contributed by atoms with E-state index in [9.17, 15) is 22.0 Å². The molecule has 0 aliphatic carbocycles. The van der Waals surface area contributed by atoms with Crippen LogP contribution in [-0.2, 0) is 21.1 Å². The second-order valence-electron chi connectivity index (χ2n) is 12.0. The van der Waals surface area contributed by atoms with Crippen LogP contribution in [-0.4, -0.2) is 98.5 Å². The summed E-state index contributed by atoms with van der Waals surface area (Å²) in [5, 5.41) is 0. The van der Waals surface area contributed by atoms with Crippen LogP contribution < -0.4 is 9.80 Å². The number of hydrogen-bond donors (Lipinski definition) is 0. The predicted molar refractivity (Wildman–Crippen MR) is 147 cm³/mol. The molecule has 0 radical (unpaired) electrons. The molecule has 6 heterocycles. The Morgan fingerprint density at radius 1 is 1.05 bits per heavy atom. The van der Waals surface area contributed by atoms with E-state index in [1.54, 1.807) is 0 Å². The van der Waals surface area contributed by atoms with Gasteiger partial charge in [0.2, 0.25) is 5.91 Å². The summed E-state index contributed by atoms with van der Waals surface area (Å²) >= 11 is 0. The van der Waals surface area contributed by atoms with Gasteiger partial charge < -0.3 is 14.7 Å². The summed E-state index contributed by atoms with van der Waals surface area (Å²) in [4.78, 5) is 25.3. The minimum atomic E-state index is -2.92. The number of piperazine rings is 1. The van der Waals surface area contributed by atoms with Gasteiger partial charge in [0.15, 0.2) is 0 Å². The summed E-state index contributed by atoms with van der Waals surface area (Å²) in [5.74, 6) is 1.13. The number of nitrogens with zero attached hydrogens (tertiary/aromatic N) is 5. The van der Waals surface area contributed by atoms with Gasteiger partial charge in [-0.25, -0.2) is 22.2 Å². The number of carbonyl (C=O) groups excluding carboxylic acids is 1. The molecule has 2 atom stereocenters. The molecule has 1 aromatic rings. The Hall–Kier alpha value is -2.27. The Morgan fingerprint density at radius 3 is 2.38 bits per heavy atom. The molecule has 4 saturated heterocycles. The van der Waals surface area contributed by atoms with Gasteiger partial charge in [-0.05, 0) is 56.4 Å². The van der Waals surface area contributed by atoms with Gasteiger partial charge in [0.25, 0.3) is 6.43 Å². The summed E-state index contributed by atoms with van der Waals surface area (Å²) in [5.41, 5.74) is 1.59. The third-order valence-electron chi connectivity index (χ3n) is 10.1. The van der Waals surface area contributed by atoms with E-state index in [1.165, 1.54) is 6.08 Å². The van der Waals surface area contributed by atoms with Crippen molar-refractivity contribution in [2.45, 2.75) is 63.5 Å². The van der Waals surface area contributed by atoms with E-state index >= 15 is 0 Å². The number of anilines is 2. The highest BCUT2D eigenvalue weighted by Crippen LogP contribution is 2.45. The Labute approximate surface area is 229 Å². The van der Waals surface area contributed by atoms with Crippen LogP contribution in [0.25, 0.3) is 0 Å². The lowest BCUT2D eigenvalue weighted by Crippen LogP contribution is -2.69. The molecule has 8 nitrogen and oxygen atoms in total. The van der Waals surface area contributed by atoms with Crippen molar-refractivity contribution in [3.8, 4) is 0 Å². The molecule has 0 bridgehead atoms. The van der Waals surface area contributed by atoms with Crippen LogP contribution in [0.4, 0.5) is 20.3 Å². The first kappa shape index (κ1) is 26.9. The van der Waals surface area contributed by atoms with Crippen molar-refractivity contribution in [1.82, 2.24) is 14.8 Å². The molecule has 0 N–H and O–H groups in total. The van der Waals surface area contributed by atoms with E-state index in [1.807, 2.05) is 11.0 Å². The number of piperidine rings is 1. The topological polar surface area (TPSA) is 77.1 Å². The molecular weight excluding hydrogens is 524 g/mol. The zero-order chi connectivity index (χ0) is 27.4. The molecule has 39 heavy (non-hydrogen) atoms. The van der Waals surface area contributed by atoms with Gasteiger partial charge in [0.1, 0.15) is 21.3 Å². The first-order valence-corrected chi connectivity index (χ1v) is 16.2. The van der Waals surface area contributed by atoms with Gasteiger partial charge in [-0.2, -0.15) is 0 Å². The highest BCUT2D eigenvalue weighted by Gasteiger charge is 2.46. The fourth-order valence-electron chi connectivity index (χ4n) is 7.50. The molecule has 0 aromatic carbocycles. The second kappa shape index (κ2) is 10.3. The van der Waals surface area contributed by atoms with Gasteiger partial charge in [0.05, 0.1) is 11.5 Å². The standard InChI is InChI=1S/C28H39F2N5O3S/c1-2-25(36)34-14-12-32(13-15-34)23-19-35-21(23)5-3-4-20-22(35)18-24(31-26(20)27(29)30)33-10-6-28(7-11-33)8-16-39(37,38)17-9-28/h2,18,21,23,27H,1,3-17,19H2. The van der Waals surface area contributed by atoms with E-state index in [4.69, 9.17) is 0 Å². The smallest absolute Gasteiger partial charge is 0.280 e. The lowest BCUT2D eigenvalue weighted by molar-refractivity contribution is -0.128. The SMILES string of the molecule is C=CC(=O)N1CCN(C2CN3c4cc(N5CCC6(CC5)CCS(=O)(=O)CC6)nc(C(F)F)c4CCCC23)CC1. The van der Waals surface area contributed by atoms with Crippen molar-refractivity contribution in [3.63, 3.8) is 0 Å². The van der Waals surface area contributed by atoms with Gasteiger partial charge in [-0.15, -0.1) is 0 Å². The number of halogens is 2. The van der Waals surface area contributed by atoms with E-state index in [-0.39, 0.29) is 34.6 Å². The zero-order valence-electron chi connectivity index (χ0n) is 22.5. The van der Waals surface area contributed by atoms with Crippen molar-refractivity contribution in [2.24, 2.45) is 5.41 Å². The summed E-state index contributed by atoms with van der Waals surface area (Å²) in [6, 6.07) is 2.68. The van der Waals surface area contributed by atoms with E-state index in [0.29, 0.717) is 62.9 Å². The van der Waals surface area contributed by atoms with Crippen molar-refractivity contribution in [2.75, 3.05) is 67.1 Å². The average molecular weight is 564 g/mol. The zero-order valence-corrected chi connectivity index (χ0v) is 23.3. The number of rotatable bonds is 4. The van der Waals surface area contributed by atoms with Crippen molar-refractivity contribution < 1.29 is 22.0 Å². The lowest BCUT2D eigenvalue weighted by Gasteiger charge is -2.55. The molecule has 6 rings (SSSR count). The van der Waals surface area contributed by atoms with Crippen molar-refractivity contribution >= 4 is 27.2 Å². The number of pyridine rings is 1. The van der Waals surface area contributed by atoms with Crippen LogP contribution in [0.2, 0.25) is 0 Å². The molecule has 0 saturated carbocycles. The maximum absolute atomic E-state index is 14.3. The van der Waals surface area contributed by atoms with Crippen LogP contribution in [0.1, 0.15) is 56.2 Å². The summed E-state index contributed by atoms with van der Waals surface area (Å²) < 4.78 is 52.6. The molecule has 4 fully saturated rings. The molecule has 1 spiro atoms. The Kier molecular flexibility index (Phi) is 7.10. The lowest BCUT2D eigenvalue weighted by atomic mass is 9.74. The van der Waals surface area contributed by atoms with E-state index < -0.39 is 16.3 Å². The molecule has 1 aromatic heterocycles. The van der Waals surface area contributed by atoms with Crippen LogP contribution >= 0.6 is 0 Å². The number of hydrogen-bond acceptors (Lipinski definition) is 7. The fraction of sp³-hybridized carbons (Fsp3) is 0.714. The van der Waals surface area contributed by atoms with E-state index in [0.717, 1.165) is 51.0 Å². The molecule has 5 aliphatic heterocycles. The number of sulfone groups is 1. The first-order valence-electron chi connectivity index (χ1n) is 14.4. The quantitative estimate of drug-likeness (QED) is 0.522. The Morgan fingerprint density at radius 2 is 1.74 bits per heavy atom. The molecule has 5 aliphatic rings. The number of aromatic nitrogens is 1. The molecule has 214 valence electrons. The van der Waals surface area contributed by atoms with Crippen LogP contribution in [0, 0.1) is 5.41 Å². The first-order chi connectivity index (χ1) is 18.7. The Bertz CT molecular complexity index is 1210. The number of alkyl halides is 2. The average Bonchev–Trinajstić information content (AvgIpc) is 3.06. The van der Waals surface area contributed by atoms with Gasteiger partial charge in [-0.3, -0.25) is 9.69 Å². The summed E-state index contributed by atoms with van der Waals surface area (Å²) in [6.45, 7) is 8.86. The normalized spacial score (nSPS) is 28.4. The summed E-state index contributed by atoms with van der Waals surface area (Å²) in [6.07, 6.45) is 4.33. The molecule has 2 unspecified atom stereocenters. The predicted octanol–water partition coefficient (Wildman–Crippen LogP) is 3.04. The van der Waals surface area contributed by atoms with Gasteiger partial charge >= 0.3 is 0 Å². The van der Waals surface area contributed by atoms with Crippen LogP contribution in [0.15, 0.2) is 18.7 Å². The number of carbonyl (C=O) groups is 1. The van der Waals surface area contributed by atoms with Crippen LogP contribution in [0.5, 0.6) is 0 Å². The molecule has 11 heteroatoms. The maximum Gasteiger partial charge on any atom is 0.280 e. The number of fused-ring (bicyclic) bond motifs is 3. The van der Waals surface area contributed by atoms with Crippen molar-refractivity contribution in [1.29, 1.82) is 0 Å². The minimum absolute atomic E-state index is 0.0232. The van der Waals surface area contributed by atoms with Gasteiger partial charge in [-0.1, -0.05) is 6.58 Å². The van der Waals surface area contributed by atoms with E-state index in [2.05, 4.69) is 26.3 Å². The fourth-order valence-corrected chi connectivity index (χ4v) is 9.20. The summed E-state index contributed by atoms with van der Waals surface area (Å²) in [7, 11) is -2.92. The highest BCUT2D eigenvalue weighted by atomic mass is 32.2. The third kappa shape index (κ3) is 5.05. The van der Waals surface area contributed by atoms with Gasteiger partial charge in [0, 0.05) is 75.2 Å². The molecular formula is C28H39F2N5O3S. The third-order valence-corrected chi connectivity index (χ3v) is 11.7. The Balaban J connectivity index is 1.19. The van der Waals surface area contributed by atoms with Crippen LogP contribution in [0.3, 0.4) is 0 Å².